The van der Waals surface area contributed by atoms with Crippen LogP contribution in [0.1, 0.15) is 23.8 Å². The number of methoxy groups -OCH3 is 1. The minimum absolute atomic E-state index is 0.503. The molecule has 1 saturated carbocycles. The first-order chi connectivity index (χ1) is 9.72. The van der Waals surface area contributed by atoms with Gasteiger partial charge >= 0.3 is 0 Å². The van der Waals surface area contributed by atoms with Gasteiger partial charge in [-0.25, -0.2) is 0 Å². The van der Waals surface area contributed by atoms with Gasteiger partial charge in [-0.1, -0.05) is 17.7 Å². The number of nitrogens with one attached hydrogen (secondary N) is 1. The van der Waals surface area contributed by atoms with E-state index in [1.807, 2.05) is 36.6 Å². The van der Waals surface area contributed by atoms with E-state index in [1.165, 1.54) is 22.6 Å². The molecule has 0 bridgehead atoms. The van der Waals surface area contributed by atoms with Crippen LogP contribution in [0.25, 0.3) is 10.4 Å². The molecule has 1 heterocycles. The fourth-order valence-corrected chi connectivity index (χ4v) is 3.93. The molecule has 2 aromatic rings. The summed E-state index contributed by atoms with van der Waals surface area (Å²) < 4.78 is 5.29. The maximum atomic E-state index is 6.08. The molecule has 0 spiro atoms. The zero-order valence-corrected chi connectivity index (χ0v) is 13.2. The molecule has 1 atom stereocenters. The number of ether oxygens (including phenoxy) is 1. The summed E-state index contributed by atoms with van der Waals surface area (Å²) in [5.41, 5.74) is 1.16. The normalized spacial score (nSPS) is 16.1. The van der Waals surface area contributed by atoms with E-state index in [-0.39, 0.29) is 0 Å². The van der Waals surface area contributed by atoms with Crippen LogP contribution in [0, 0.1) is 5.92 Å². The Morgan fingerprint density at radius 2 is 2.10 bits per heavy atom. The van der Waals surface area contributed by atoms with E-state index < -0.39 is 0 Å². The van der Waals surface area contributed by atoms with Gasteiger partial charge in [0.25, 0.3) is 0 Å². The van der Waals surface area contributed by atoms with Crippen molar-refractivity contribution in [2.24, 2.45) is 5.92 Å². The highest BCUT2D eigenvalue weighted by atomic mass is 35.5. The smallest absolute Gasteiger partial charge is 0.138 e. The first-order valence-electron chi connectivity index (χ1n) is 6.84. The molecule has 0 amide bonds. The van der Waals surface area contributed by atoms with E-state index in [4.69, 9.17) is 16.3 Å². The second-order valence-corrected chi connectivity index (χ2v) is 6.68. The van der Waals surface area contributed by atoms with Crippen LogP contribution in [0.15, 0.2) is 30.3 Å². The van der Waals surface area contributed by atoms with E-state index in [2.05, 4.69) is 17.4 Å². The minimum Gasteiger partial charge on any atom is -0.495 e. The highest BCUT2D eigenvalue weighted by Crippen LogP contribution is 2.44. The molecular weight excluding hydrogens is 290 g/mol. The van der Waals surface area contributed by atoms with Crippen molar-refractivity contribution in [1.82, 2.24) is 5.32 Å². The highest BCUT2D eigenvalue weighted by molar-refractivity contribution is 7.15. The third-order valence-corrected chi connectivity index (χ3v) is 5.30. The molecule has 1 aromatic carbocycles. The summed E-state index contributed by atoms with van der Waals surface area (Å²) in [6.07, 6.45) is 2.68. The average molecular weight is 308 g/mol. The Balaban J connectivity index is 1.89. The molecule has 1 fully saturated rings. The van der Waals surface area contributed by atoms with Gasteiger partial charge in [0.2, 0.25) is 0 Å². The number of hydrogen-bond donors (Lipinski definition) is 1. The molecule has 4 heteroatoms. The molecule has 0 radical (unpaired) electrons. The van der Waals surface area contributed by atoms with Gasteiger partial charge in [-0.3, -0.25) is 0 Å². The van der Waals surface area contributed by atoms with Gasteiger partial charge < -0.3 is 10.1 Å². The van der Waals surface area contributed by atoms with Gasteiger partial charge in [0.05, 0.1) is 12.1 Å². The SMILES string of the molecule is CNC(c1ccc(-c2ccc(Cl)c(OC)c2)s1)C1CC1. The summed E-state index contributed by atoms with van der Waals surface area (Å²) in [5.74, 6) is 1.54. The largest absolute Gasteiger partial charge is 0.495 e. The fourth-order valence-electron chi connectivity index (χ4n) is 2.53. The van der Waals surface area contributed by atoms with Gasteiger partial charge in [-0.2, -0.15) is 0 Å². The number of rotatable bonds is 5. The van der Waals surface area contributed by atoms with Crippen molar-refractivity contribution in [3.8, 4) is 16.2 Å². The van der Waals surface area contributed by atoms with E-state index in [0.717, 1.165) is 17.2 Å². The van der Waals surface area contributed by atoms with Crippen LogP contribution in [0.5, 0.6) is 5.75 Å². The monoisotopic (exact) mass is 307 g/mol. The minimum atomic E-state index is 0.503. The van der Waals surface area contributed by atoms with Crippen molar-refractivity contribution in [2.75, 3.05) is 14.2 Å². The lowest BCUT2D eigenvalue weighted by atomic mass is 10.1. The van der Waals surface area contributed by atoms with E-state index in [1.54, 1.807) is 7.11 Å². The Morgan fingerprint density at radius 1 is 1.30 bits per heavy atom. The first kappa shape index (κ1) is 13.9. The highest BCUT2D eigenvalue weighted by Gasteiger charge is 2.32. The Kier molecular flexibility index (Phi) is 4.01. The van der Waals surface area contributed by atoms with Crippen molar-refractivity contribution in [3.63, 3.8) is 0 Å². The number of halogens is 1. The van der Waals surface area contributed by atoms with Crippen molar-refractivity contribution in [1.29, 1.82) is 0 Å². The Morgan fingerprint density at radius 3 is 2.75 bits per heavy atom. The third-order valence-electron chi connectivity index (χ3n) is 3.77. The van der Waals surface area contributed by atoms with Gasteiger partial charge in [0, 0.05) is 15.8 Å². The molecule has 106 valence electrons. The van der Waals surface area contributed by atoms with Crippen LogP contribution < -0.4 is 10.1 Å². The number of benzene rings is 1. The van der Waals surface area contributed by atoms with E-state index in [9.17, 15) is 0 Å². The maximum Gasteiger partial charge on any atom is 0.138 e. The van der Waals surface area contributed by atoms with Gasteiger partial charge in [0.1, 0.15) is 5.75 Å². The summed E-state index contributed by atoms with van der Waals surface area (Å²) in [5, 5.41) is 4.09. The van der Waals surface area contributed by atoms with Crippen LogP contribution in [0.3, 0.4) is 0 Å². The predicted octanol–water partition coefficient (Wildman–Crippen LogP) is 4.75. The summed E-state index contributed by atoms with van der Waals surface area (Å²) in [7, 11) is 3.70. The summed E-state index contributed by atoms with van der Waals surface area (Å²) >= 11 is 7.93. The molecule has 1 unspecified atom stereocenters. The summed E-state index contributed by atoms with van der Waals surface area (Å²) in [4.78, 5) is 2.68. The van der Waals surface area contributed by atoms with E-state index >= 15 is 0 Å². The van der Waals surface area contributed by atoms with Crippen LogP contribution in [-0.2, 0) is 0 Å². The molecule has 1 aliphatic rings. The standard InChI is InChI=1S/C16H18ClNOS/c1-18-16(10-3-4-10)15-8-7-14(20-15)11-5-6-12(17)13(9-11)19-2/h5-10,16,18H,3-4H2,1-2H3. The van der Waals surface area contributed by atoms with Crippen molar-refractivity contribution < 1.29 is 4.74 Å². The molecular formula is C16H18ClNOS. The summed E-state index contributed by atoms with van der Waals surface area (Å²) in [6.45, 7) is 0. The Hall–Kier alpha value is -1.03. The molecule has 2 nitrogen and oxygen atoms in total. The Bertz CT molecular complexity index is 606. The zero-order valence-electron chi connectivity index (χ0n) is 11.7. The van der Waals surface area contributed by atoms with Crippen molar-refractivity contribution >= 4 is 22.9 Å². The third kappa shape index (κ3) is 2.71. The Labute approximate surface area is 128 Å². The lowest BCUT2D eigenvalue weighted by molar-refractivity contribution is 0.415. The summed E-state index contributed by atoms with van der Waals surface area (Å²) in [6, 6.07) is 10.9. The fraction of sp³-hybridized carbons (Fsp3) is 0.375. The lowest BCUT2D eigenvalue weighted by Crippen LogP contribution is -2.16. The molecule has 3 rings (SSSR count). The van der Waals surface area contributed by atoms with Gasteiger partial charge in [-0.15, -0.1) is 11.3 Å². The maximum absolute atomic E-state index is 6.08. The average Bonchev–Trinajstić information content (AvgIpc) is 3.18. The van der Waals surface area contributed by atoms with Gasteiger partial charge in [-0.05, 0) is 55.6 Å². The first-order valence-corrected chi connectivity index (χ1v) is 8.03. The molecule has 1 aromatic heterocycles. The number of thiophene rings is 1. The molecule has 0 saturated heterocycles. The predicted molar refractivity (Wildman–Crippen MR) is 85.8 cm³/mol. The zero-order chi connectivity index (χ0) is 14.1. The molecule has 20 heavy (non-hydrogen) atoms. The van der Waals surface area contributed by atoms with Crippen LogP contribution in [0.2, 0.25) is 5.02 Å². The van der Waals surface area contributed by atoms with Crippen LogP contribution in [-0.4, -0.2) is 14.2 Å². The van der Waals surface area contributed by atoms with Crippen LogP contribution >= 0.6 is 22.9 Å². The second kappa shape index (κ2) is 5.76. The molecule has 0 aliphatic heterocycles. The van der Waals surface area contributed by atoms with Crippen molar-refractivity contribution in [3.05, 3.63) is 40.2 Å². The quantitative estimate of drug-likeness (QED) is 0.861. The van der Waals surface area contributed by atoms with Gasteiger partial charge in [0.15, 0.2) is 0 Å². The molecule has 1 aliphatic carbocycles. The van der Waals surface area contributed by atoms with Crippen LogP contribution in [0.4, 0.5) is 0 Å². The van der Waals surface area contributed by atoms with Crippen molar-refractivity contribution in [2.45, 2.75) is 18.9 Å². The number of hydrogen-bond acceptors (Lipinski definition) is 3. The molecule has 1 N–H and O–H groups in total. The topological polar surface area (TPSA) is 21.3 Å². The van der Waals surface area contributed by atoms with E-state index in [0.29, 0.717) is 11.1 Å². The lowest BCUT2D eigenvalue weighted by Gasteiger charge is -2.12. The second-order valence-electron chi connectivity index (χ2n) is 5.16.